The van der Waals surface area contributed by atoms with Crippen molar-refractivity contribution in [2.24, 2.45) is 7.05 Å². The van der Waals surface area contributed by atoms with Crippen molar-refractivity contribution in [3.63, 3.8) is 0 Å². The largest absolute Gasteiger partial charge is 0.493 e. The molecule has 0 N–H and O–H groups in total. The van der Waals surface area contributed by atoms with Gasteiger partial charge in [0.1, 0.15) is 5.75 Å². The topological polar surface area (TPSA) is 32.6 Å². The number of hydrogen-bond acceptors (Lipinski definition) is 3. The van der Waals surface area contributed by atoms with Crippen LogP contribution in [0, 0.1) is 6.07 Å². The van der Waals surface area contributed by atoms with Gasteiger partial charge in [0.05, 0.1) is 14.2 Å². The lowest BCUT2D eigenvalue weighted by atomic mass is 10.3. The Balaban J connectivity index is 2.25. The third kappa shape index (κ3) is 2.36. The molecule has 1 aromatic heterocycles. The van der Waals surface area contributed by atoms with Crippen LogP contribution in [-0.2, 0) is 7.05 Å². The summed E-state index contributed by atoms with van der Waals surface area (Å²) in [5.74, 6) is 2.73. The summed E-state index contributed by atoms with van der Waals surface area (Å²) < 4.78 is 17.9. The zero-order valence-electron chi connectivity index (χ0n) is 10.1. The molecule has 0 bridgehead atoms. The summed E-state index contributed by atoms with van der Waals surface area (Å²) in [7, 11) is 5.09. The highest BCUT2D eigenvalue weighted by molar-refractivity contribution is 5.46. The molecule has 2 aromatic rings. The summed E-state index contributed by atoms with van der Waals surface area (Å²) in [6, 6.07) is 10.1. The fourth-order valence-electron chi connectivity index (χ4n) is 1.49. The molecular formula is C13H14NO3. The van der Waals surface area contributed by atoms with Crippen LogP contribution in [-0.4, -0.2) is 18.8 Å². The molecule has 0 fully saturated rings. The molecule has 1 aromatic carbocycles. The van der Waals surface area contributed by atoms with Crippen LogP contribution < -0.4 is 14.2 Å². The van der Waals surface area contributed by atoms with Crippen LogP contribution in [0.3, 0.4) is 0 Å². The van der Waals surface area contributed by atoms with E-state index in [1.165, 1.54) is 0 Å². The minimum absolute atomic E-state index is 0.642. The van der Waals surface area contributed by atoms with Crippen molar-refractivity contribution in [2.45, 2.75) is 0 Å². The Labute approximate surface area is 100 Å². The molecule has 89 valence electrons. The summed E-state index contributed by atoms with van der Waals surface area (Å²) in [4.78, 5) is 0. The highest BCUT2D eigenvalue weighted by atomic mass is 16.5. The molecule has 2 rings (SSSR count). The predicted octanol–water partition coefficient (Wildman–Crippen LogP) is 2.63. The number of hydrogen-bond donors (Lipinski definition) is 0. The molecule has 0 unspecified atom stereocenters. The van der Waals surface area contributed by atoms with Crippen LogP contribution in [0.5, 0.6) is 23.1 Å². The molecule has 0 saturated carbocycles. The van der Waals surface area contributed by atoms with Crippen molar-refractivity contribution in [1.82, 2.24) is 4.57 Å². The maximum absolute atomic E-state index is 5.69. The number of methoxy groups -OCH3 is 2. The monoisotopic (exact) mass is 232 g/mol. The van der Waals surface area contributed by atoms with Crippen LogP contribution in [0.4, 0.5) is 0 Å². The van der Waals surface area contributed by atoms with Crippen molar-refractivity contribution in [3.8, 4) is 23.1 Å². The van der Waals surface area contributed by atoms with E-state index >= 15 is 0 Å². The lowest BCUT2D eigenvalue weighted by Crippen LogP contribution is -1.94. The molecule has 0 saturated heterocycles. The second-order valence-electron chi connectivity index (χ2n) is 3.51. The molecule has 17 heavy (non-hydrogen) atoms. The number of nitrogens with zero attached hydrogens (tertiary/aromatic N) is 1. The van der Waals surface area contributed by atoms with Crippen molar-refractivity contribution >= 4 is 0 Å². The summed E-state index contributed by atoms with van der Waals surface area (Å²) in [6.45, 7) is 0. The van der Waals surface area contributed by atoms with Crippen LogP contribution >= 0.6 is 0 Å². The molecule has 4 nitrogen and oxygen atoms in total. The number of ether oxygens (including phenoxy) is 3. The average Bonchev–Trinajstić information content (AvgIpc) is 2.75. The van der Waals surface area contributed by atoms with Gasteiger partial charge in [-0.1, -0.05) is 0 Å². The highest BCUT2D eigenvalue weighted by Crippen LogP contribution is 2.32. The summed E-state index contributed by atoms with van der Waals surface area (Å²) >= 11 is 0. The van der Waals surface area contributed by atoms with E-state index in [4.69, 9.17) is 14.2 Å². The molecule has 0 aliphatic rings. The Hall–Kier alpha value is -2.10. The van der Waals surface area contributed by atoms with Crippen LogP contribution in [0.1, 0.15) is 0 Å². The standard InChI is InChI=1S/C13H14NO3/c1-14-8-4-5-13(14)17-10-6-7-11(15-2)12(9-10)16-3/h5-9H,1-3H3. The van der Waals surface area contributed by atoms with Crippen molar-refractivity contribution < 1.29 is 14.2 Å². The van der Waals surface area contributed by atoms with Crippen LogP contribution in [0.15, 0.2) is 30.5 Å². The van der Waals surface area contributed by atoms with Gasteiger partial charge < -0.3 is 18.8 Å². The number of aryl methyl sites for hydroxylation is 1. The number of benzene rings is 1. The van der Waals surface area contributed by atoms with Gasteiger partial charge in [-0.25, -0.2) is 0 Å². The molecular weight excluding hydrogens is 218 g/mol. The van der Waals surface area contributed by atoms with E-state index in [-0.39, 0.29) is 0 Å². The fourth-order valence-corrected chi connectivity index (χ4v) is 1.49. The van der Waals surface area contributed by atoms with Crippen molar-refractivity contribution in [2.75, 3.05) is 14.2 Å². The molecule has 0 spiro atoms. The third-order valence-corrected chi connectivity index (χ3v) is 2.40. The van der Waals surface area contributed by atoms with Gasteiger partial charge in [0.2, 0.25) is 0 Å². The number of rotatable bonds is 4. The van der Waals surface area contributed by atoms with Gasteiger partial charge in [0.25, 0.3) is 0 Å². The van der Waals surface area contributed by atoms with E-state index in [1.807, 2.05) is 17.7 Å². The second kappa shape index (κ2) is 4.82. The molecule has 0 amide bonds. The van der Waals surface area contributed by atoms with Gasteiger partial charge in [-0.2, -0.15) is 0 Å². The van der Waals surface area contributed by atoms with E-state index < -0.39 is 0 Å². The maximum Gasteiger partial charge on any atom is 0.200 e. The van der Waals surface area contributed by atoms with Gasteiger partial charge in [-0.15, -0.1) is 0 Å². The predicted molar refractivity (Wildman–Crippen MR) is 63.9 cm³/mol. The second-order valence-corrected chi connectivity index (χ2v) is 3.51. The quantitative estimate of drug-likeness (QED) is 0.812. The smallest absolute Gasteiger partial charge is 0.200 e. The summed E-state index contributed by atoms with van der Waals surface area (Å²) in [5.41, 5.74) is 0. The van der Waals surface area contributed by atoms with E-state index in [2.05, 4.69) is 6.07 Å². The van der Waals surface area contributed by atoms with Crippen molar-refractivity contribution in [3.05, 3.63) is 36.5 Å². The Bertz CT molecular complexity index is 505. The fraction of sp³-hybridized carbons (Fsp3) is 0.231. The Kier molecular flexibility index (Phi) is 3.23. The molecule has 0 aliphatic heterocycles. The first-order valence-electron chi connectivity index (χ1n) is 5.17. The Morgan fingerprint density at radius 2 is 1.88 bits per heavy atom. The lowest BCUT2D eigenvalue weighted by Gasteiger charge is -2.10. The van der Waals surface area contributed by atoms with Gasteiger partial charge in [-0.05, 0) is 12.1 Å². The van der Waals surface area contributed by atoms with Gasteiger partial charge in [0, 0.05) is 31.4 Å². The first kappa shape index (κ1) is 11.4. The normalized spacial score (nSPS) is 10.1. The minimum atomic E-state index is 0.642. The van der Waals surface area contributed by atoms with E-state index in [0.717, 1.165) is 5.88 Å². The lowest BCUT2D eigenvalue weighted by molar-refractivity contribution is 0.351. The molecule has 0 atom stereocenters. The van der Waals surface area contributed by atoms with E-state index in [9.17, 15) is 0 Å². The molecule has 1 heterocycles. The van der Waals surface area contributed by atoms with Crippen LogP contribution in [0.25, 0.3) is 0 Å². The van der Waals surface area contributed by atoms with Gasteiger partial charge >= 0.3 is 0 Å². The third-order valence-electron chi connectivity index (χ3n) is 2.40. The zero-order chi connectivity index (χ0) is 12.3. The van der Waals surface area contributed by atoms with Gasteiger partial charge in [-0.3, -0.25) is 0 Å². The van der Waals surface area contributed by atoms with Crippen LogP contribution in [0.2, 0.25) is 0 Å². The first-order valence-corrected chi connectivity index (χ1v) is 5.17. The Morgan fingerprint density at radius 3 is 2.47 bits per heavy atom. The highest BCUT2D eigenvalue weighted by Gasteiger charge is 2.07. The SMILES string of the molecule is COc1ccc(Oc2c[c]cn2C)cc1OC. The van der Waals surface area contributed by atoms with Crippen molar-refractivity contribution in [1.29, 1.82) is 0 Å². The van der Waals surface area contributed by atoms with Gasteiger partial charge in [0.15, 0.2) is 17.4 Å². The molecule has 4 heteroatoms. The summed E-state index contributed by atoms with van der Waals surface area (Å²) in [5, 5.41) is 0. The van der Waals surface area contributed by atoms with E-state index in [1.54, 1.807) is 38.6 Å². The molecule has 0 aliphatic carbocycles. The zero-order valence-corrected chi connectivity index (χ0v) is 10.1. The minimum Gasteiger partial charge on any atom is -0.493 e. The Morgan fingerprint density at radius 1 is 1.12 bits per heavy atom. The summed E-state index contributed by atoms with van der Waals surface area (Å²) in [6.07, 6.45) is 1.80. The molecule has 1 radical (unpaired) electrons. The van der Waals surface area contributed by atoms with E-state index in [0.29, 0.717) is 17.2 Å². The average molecular weight is 232 g/mol. The first-order chi connectivity index (χ1) is 8.24. The number of aromatic nitrogens is 1. The maximum atomic E-state index is 5.69.